The molecule has 0 atom stereocenters. The van der Waals surface area contributed by atoms with E-state index in [1.54, 1.807) is 11.3 Å². The number of nitrogens with zero attached hydrogens (tertiary/aromatic N) is 1. The van der Waals surface area contributed by atoms with E-state index in [0.29, 0.717) is 23.1 Å². The second kappa shape index (κ2) is 6.11. The van der Waals surface area contributed by atoms with Crippen molar-refractivity contribution in [3.8, 4) is 11.1 Å². The Kier molecular flexibility index (Phi) is 4.08. The van der Waals surface area contributed by atoms with Gasteiger partial charge in [0.2, 0.25) is 0 Å². The zero-order chi connectivity index (χ0) is 16.8. The first-order valence-corrected chi connectivity index (χ1v) is 9.70. The van der Waals surface area contributed by atoms with Gasteiger partial charge in [0, 0.05) is 10.9 Å². The van der Waals surface area contributed by atoms with Gasteiger partial charge in [-0.05, 0) is 41.8 Å². The lowest BCUT2D eigenvalue weighted by Crippen LogP contribution is -2.48. The van der Waals surface area contributed by atoms with E-state index in [1.165, 1.54) is 11.3 Å². The van der Waals surface area contributed by atoms with Crippen molar-refractivity contribution >= 4 is 50.4 Å². The van der Waals surface area contributed by atoms with Crippen molar-refractivity contribution < 1.29 is 9.53 Å². The molecule has 24 heavy (non-hydrogen) atoms. The number of amides is 1. The largest absolute Gasteiger partial charge is 0.377 e. The Bertz CT molecular complexity index is 930. The number of hydrogen-bond acceptors (Lipinski definition) is 5. The molecule has 1 fully saturated rings. The van der Waals surface area contributed by atoms with Crippen LogP contribution >= 0.6 is 34.3 Å². The van der Waals surface area contributed by atoms with Crippen LogP contribution in [0.15, 0.2) is 16.8 Å². The van der Waals surface area contributed by atoms with Gasteiger partial charge in [-0.25, -0.2) is 4.98 Å². The molecule has 0 aliphatic carbocycles. The molecule has 1 amide bonds. The standard InChI is InChI=1S/C17H15ClN2O2S2/c1-8-12-13(10-3-4-23-7-10)15(16(21)20-11-5-22-6-11)24-17(12)19-9(2)14(8)18/h3-4,7,11H,5-6H2,1-2H3,(H,20,21). The highest BCUT2D eigenvalue weighted by Crippen LogP contribution is 2.42. The molecule has 1 saturated heterocycles. The van der Waals surface area contributed by atoms with Crippen molar-refractivity contribution in [1.82, 2.24) is 10.3 Å². The number of pyridine rings is 1. The summed E-state index contributed by atoms with van der Waals surface area (Å²) in [6.45, 7) is 5.03. The summed E-state index contributed by atoms with van der Waals surface area (Å²) in [5, 5.41) is 8.74. The number of ether oxygens (including phenoxy) is 1. The highest BCUT2D eigenvalue weighted by Gasteiger charge is 2.27. The Labute approximate surface area is 152 Å². The van der Waals surface area contributed by atoms with Crippen molar-refractivity contribution in [2.24, 2.45) is 0 Å². The second-order valence-electron chi connectivity index (χ2n) is 5.84. The summed E-state index contributed by atoms with van der Waals surface area (Å²) in [6.07, 6.45) is 0. The lowest BCUT2D eigenvalue weighted by atomic mass is 10.0. The van der Waals surface area contributed by atoms with E-state index in [9.17, 15) is 4.79 Å². The quantitative estimate of drug-likeness (QED) is 0.733. The first kappa shape index (κ1) is 16.0. The molecule has 0 unspecified atom stereocenters. The van der Waals surface area contributed by atoms with Crippen molar-refractivity contribution in [2.45, 2.75) is 19.9 Å². The van der Waals surface area contributed by atoms with Gasteiger partial charge in [-0.15, -0.1) is 11.3 Å². The topological polar surface area (TPSA) is 51.2 Å². The molecule has 3 aromatic rings. The Morgan fingerprint density at radius 3 is 2.83 bits per heavy atom. The Hall–Kier alpha value is -1.47. The lowest BCUT2D eigenvalue weighted by Gasteiger charge is -2.26. The van der Waals surface area contributed by atoms with Gasteiger partial charge in [-0.1, -0.05) is 11.6 Å². The maximum absolute atomic E-state index is 12.8. The first-order chi connectivity index (χ1) is 11.6. The normalized spacial score (nSPS) is 14.8. The zero-order valence-electron chi connectivity index (χ0n) is 13.2. The third kappa shape index (κ3) is 2.54. The number of halogens is 1. The molecule has 0 spiro atoms. The summed E-state index contributed by atoms with van der Waals surface area (Å²) in [6, 6.07) is 2.13. The molecule has 1 aliphatic heterocycles. The molecule has 1 N–H and O–H groups in total. The molecule has 1 aliphatic rings. The second-order valence-corrected chi connectivity index (χ2v) is 8.00. The number of fused-ring (bicyclic) bond motifs is 1. The molecule has 3 aromatic heterocycles. The Morgan fingerprint density at radius 2 is 2.21 bits per heavy atom. The SMILES string of the molecule is Cc1nc2sc(C(=O)NC3COC3)c(-c3ccsc3)c2c(C)c1Cl. The van der Waals surface area contributed by atoms with Gasteiger partial charge in [0.05, 0.1) is 30.0 Å². The van der Waals surface area contributed by atoms with Gasteiger partial charge in [0.25, 0.3) is 5.91 Å². The minimum absolute atomic E-state index is 0.0688. The monoisotopic (exact) mass is 378 g/mol. The highest BCUT2D eigenvalue weighted by atomic mass is 35.5. The minimum atomic E-state index is -0.0688. The van der Waals surface area contributed by atoms with E-state index in [4.69, 9.17) is 16.3 Å². The average Bonchev–Trinajstić information content (AvgIpc) is 3.15. The molecule has 124 valence electrons. The molecule has 0 aromatic carbocycles. The van der Waals surface area contributed by atoms with Crippen molar-refractivity contribution in [3.05, 3.63) is 38.0 Å². The summed E-state index contributed by atoms with van der Waals surface area (Å²) in [5.41, 5.74) is 3.73. The highest BCUT2D eigenvalue weighted by molar-refractivity contribution is 7.21. The van der Waals surface area contributed by atoms with Crippen LogP contribution in [0.2, 0.25) is 5.02 Å². The zero-order valence-corrected chi connectivity index (χ0v) is 15.6. The number of carbonyl (C=O) groups excluding carboxylic acids is 1. The van der Waals surface area contributed by atoms with Crippen LogP contribution in [0.25, 0.3) is 21.3 Å². The van der Waals surface area contributed by atoms with Crippen LogP contribution in [0.1, 0.15) is 20.9 Å². The van der Waals surface area contributed by atoms with Crippen molar-refractivity contribution in [3.63, 3.8) is 0 Å². The van der Waals surface area contributed by atoms with Gasteiger partial charge in [-0.3, -0.25) is 4.79 Å². The van der Waals surface area contributed by atoms with Crippen LogP contribution < -0.4 is 5.32 Å². The number of nitrogens with one attached hydrogen (secondary N) is 1. The summed E-state index contributed by atoms with van der Waals surface area (Å²) in [7, 11) is 0. The summed E-state index contributed by atoms with van der Waals surface area (Å²) >= 11 is 9.46. The van der Waals surface area contributed by atoms with Crippen LogP contribution in [0.4, 0.5) is 0 Å². The van der Waals surface area contributed by atoms with Gasteiger partial charge < -0.3 is 10.1 Å². The molecule has 0 bridgehead atoms. The number of rotatable bonds is 3. The average molecular weight is 379 g/mol. The predicted octanol–water partition coefficient (Wildman–Crippen LogP) is 4.42. The Balaban J connectivity index is 1.93. The lowest BCUT2D eigenvalue weighted by molar-refractivity contribution is -0.00337. The molecule has 4 heterocycles. The Morgan fingerprint density at radius 1 is 1.42 bits per heavy atom. The summed E-state index contributed by atoms with van der Waals surface area (Å²) in [4.78, 5) is 18.9. The van der Waals surface area contributed by atoms with Crippen molar-refractivity contribution in [2.75, 3.05) is 13.2 Å². The van der Waals surface area contributed by atoms with Gasteiger partial charge in [-0.2, -0.15) is 11.3 Å². The van der Waals surface area contributed by atoms with E-state index in [0.717, 1.165) is 32.6 Å². The van der Waals surface area contributed by atoms with Crippen LogP contribution in [-0.4, -0.2) is 30.1 Å². The predicted molar refractivity (Wildman–Crippen MR) is 99.5 cm³/mol. The molecule has 0 radical (unpaired) electrons. The fourth-order valence-electron chi connectivity index (χ4n) is 2.84. The third-order valence-electron chi connectivity index (χ3n) is 4.17. The van der Waals surface area contributed by atoms with Crippen LogP contribution in [-0.2, 0) is 4.74 Å². The van der Waals surface area contributed by atoms with Gasteiger partial charge >= 0.3 is 0 Å². The van der Waals surface area contributed by atoms with Crippen LogP contribution in [0.3, 0.4) is 0 Å². The fourth-order valence-corrected chi connectivity index (χ4v) is 4.83. The molecule has 7 heteroatoms. The molecule has 0 saturated carbocycles. The number of thiophene rings is 2. The smallest absolute Gasteiger partial charge is 0.262 e. The van der Waals surface area contributed by atoms with E-state index in [-0.39, 0.29) is 11.9 Å². The summed E-state index contributed by atoms with van der Waals surface area (Å²) < 4.78 is 5.14. The number of carbonyl (C=O) groups is 1. The number of aryl methyl sites for hydroxylation is 2. The molecule has 4 nitrogen and oxygen atoms in total. The molecular formula is C17H15ClN2O2S2. The van der Waals surface area contributed by atoms with E-state index in [2.05, 4.69) is 15.7 Å². The third-order valence-corrected chi connectivity index (χ3v) is 6.49. The molecule has 4 rings (SSSR count). The van der Waals surface area contributed by atoms with Gasteiger partial charge in [0.1, 0.15) is 9.71 Å². The van der Waals surface area contributed by atoms with Crippen LogP contribution in [0, 0.1) is 13.8 Å². The van der Waals surface area contributed by atoms with E-state index >= 15 is 0 Å². The van der Waals surface area contributed by atoms with Gasteiger partial charge in [0.15, 0.2) is 0 Å². The number of aromatic nitrogens is 1. The maximum Gasteiger partial charge on any atom is 0.262 e. The fraction of sp³-hybridized carbons (Fsp3) is 0.294. The van der Waals surface area contributed by atoms with Crippen molar-refractivity contribution in [1.29, 1.82) is 0 Å². The van der Waals surface area contributed by atoms with E-state index < -0.39 is 0 Å². The maximum atomic E-state index is 12.8. The molecular weight excluding hydrogens is 364 g/mol. The number of hydrogen-bond donors (Lipinski definition) is 1. The first-order valence-electron chi connectivity index (χ1n) is 7.56. The van der Waals surface area contributed by atoms with Crippen LogP contribution in [0.5, 0.6) is 0 Å². The summed E-state index contributed by atoms with van der Waals surface area (Å²) in [5.74, 6) is -0.0688. The van der Waals surface area contributed by atoms with E-state index in [1.807, 2.05) is 25.3 Å². The minimum Gasteiger partial charge on any atom is -0.377 e.